The van der Waals surface area contributed by atoms with Crippen molar-refractivity contribution in [2.24, 2.45) is 0 Å². The third kappa shape index (κ3) is 3.01. The SMILES string of the molecule is [2H]c1c([2H])c([2H])c2c(sc3c([2H])c([2H])c4c(c5c([2H])c([2H])c([2H])c([2H])c5n4-c4ncnc(-c5ccc6sc7ccccc7c6c5)n4)c32)c1[2H]. The van der Waals surface area contributed by atoms with E-state index >= 15 is 0 Å². The molecule has 4 nitrogen and oxygen atoms in total. The van der Waals surface area contributed by atoms with Gasteiger partial charge >= 0.3 is 0 Å². The first kappa shape index (κ1) is 13.9. The van der Waals surface area contributed by atoms with Crippen LogP contribution >= 0.6 is 22.7 Å². The summed E-state index contributed by atoms with van der Waals surface area (Å²) in [4.78, 5) is 13.6. The van der Waals surface area contributed by atoms with Crippen molar-refractivity contribution in [3.05, 3.63) is 109 Å². The zero-order valence-corrected chi connectivity index (χ0v) is 21.4. The molecule has 6 heteroatoms. The molecule has 0 saturated carbocycles. The van der Waals surface area contributed by atoms with Crippen LogP contribution in [0.15, 0.2) is 109 Å². The lowest BCUT2D eigenvalue weighted by Crippen LogP contribution is -2.03. The Balaban J connectivity index is 1.44. The van der Waals surface area contributed by atoms with Gasteiger partial charge in [-0.15, -0.1) is 22.7 Å². The van der Waals surface area contributed by atoms with Gasteiger partial charge in [0.25, 0.3) is 0 Å². The van der Waals surface area contributed by atoms with Gasteiger partial charge in [0.2, 0.25) is 5.95 Å². The Hall–Kier alpha value is -4.65. The second-order valence-electron chi connectivity index (χ2n) is 8.96. The summed E-state index contributed by atoms with van der Waals surface area (Å²) in [7, 11) is 0. The minimum absolute atomic E-state index is 0.0167. The number of aromatic nitrogens is 4. The highest BCUT2D eigenvalue weighted by atomic mass is 32.1. The van der Waals surface area contributed by atoms with Crippen LogP contribution in [0.3, 0.4) is 0 Å². The molecule has 0 aliphatic rings. The second kappa shape index (κ2) is 7.93. The van der Waals surface area contributed by atoms with E-state index in [0.717, 1.165) is 31.5 Å². The van der Waals surface area contributed by atoms with E-state index in [-0.39, 0.29) is 77.9 Å². The third-order valence-electron chi connectivity index (χ3n) is 6.87. The number of rotatable bonds is 2. The molecule has 39 heavy (non-hydrogen) atoms. The van der Waals surface area contributed by atoms with Crippen LogP contribution in [0.25, 0.3) is 79.5 Å². The molecule has 4 aromatic heterocycles. The van der Waals surface area contributed by atoms with Crippen LogP contribution in [-0.4, -0.2) is 19.5 Å². The number of para-hydroxylation sites is 1. The maximum Gasteiger partial charge on any atom is 0.238 e. The highest BCUT2D eigenvalue weighted by Crippen LogP contribution is 2.43. The zero-order chi connectivity index (χ0) is 34.2. The van der Waals surface area contributed by atoms with Gasteiger partial charge in [-0.25, -0.2) is 9.97 Å². The molecule has 5 aromatic carbocycles. The molecular formula is C33H18N4S2. The Morgan fingerprint density at radius 3 is 2.41 bits per heavy atom. The first-order valence-electron chi connectivity index (χ1n) is 17.0. The summed E-state index contributed by atoms with van der Waals surface area (Å²) in [6.45, 7) is 0. The van der Waals surface area contributed by atoms with Gasteiger partial charge in [-0.3, -0.25) is 4.57 Å². The van der Waals surface area contributed by atoms with Crippen molar-refractivity contribution in [3.63, 3.8) is 0 Å². The molecule has 0 radical (unpaired) electrons. The number of hydrogen-bond acceptors (Lipinski definition) is 5. The molecule has 9 rings (SSSR count). The van der Waals surface area contributed by atoms with E-state index in [1.807, 2.05) is 36.4 Å². The Morgan fingerprint density at radius 2 is 1.44 bits per heavy atom. The monoisotopic (exact) mass is 544 g/mol. The van der Waals surface area contributed by atoms with Gasteiger partial charge < -0.3 is 0 Å². The Labute approximate surface area is 244 Å². The summed E-state index contributed by atoms with van der Waals surface area (Å²) < 4.78 is 91.3. The topological polar surface area (TPSA) is 43.6 Å². The van der Waals surface area contributed by atoms with Crippen molar-refractivity contribution in [1.82, 2.24) is 19.5 Å². The summed E-state index contributed by atoms with van der Waals surface area (Å²) in [6, 6.07) is 9.96. The van der Waals surface area contributed by atoms with Gasteiger partial charge in [-0.05, 0) is 48.4 Å². The summed E-state index contributed by atoms with van der Waals surface area (Å²) in [5.41, 5.74) is 0.665. The van der Waals surface area contributed by atoms with Crippen molar-refractivity contribution in [2.75, 3.05) is 0 Å². The Bertz CT molecular complexity index is 2970. The first-order chi connectivity index (χ1) is 23.5. The van der Waals surface area contributed by atoms with Crippen LogP contribution in [0.1, 0.15) is 13.7 Å². The summed E-state index contributed by atoms with van der Waals surface area (Å²) in [5, 5.41) is 2.62. The largest absolute Gasteiger partial charge is 0.278 e. The predicted molar refractivity (Wildman–Crippen MR) is 165 cm³/mol. The molecule has 0 amide bonds. The lowest BCUT2D eigenvalue weighted by atomic mass is 10.1. The van der Waals surface area contributed by atoms with Gasteiger partial charge in [0, 0.05) is 56.7 Å². The number of benzene rings is 5. The summed E-state index contributed by atoms with van der Waals surface area (Å²) in [6.07, 6.45) is 1.29. The van der Waals surface area contributed by atoms with Crippen molar-refractivity contribution < 1.29 is 13.7 Å². The highest BCUT2D eigenvalue weighted by Gasteiger charge is 2.19. The van der Waals surface area contributed by atoms with Gasteiger partial charge in [-0.1, -0.05) is 54.5 Å². The summed E-state index contributed by atoms with van der Waals surface area (Å²) >= 11 is 2.62. The molecule has 0 atom stereocenters. The normalized spacial score (nSPS) is 15.7. The molecule has 0 fully saturated rings. The molecule has 0 bridgehead atoms. The smallest absolute Gasteiger partial charge is 0.238 e. The molecule has 4 heterocycles. The molecule has 182 valence electrons. The molecule has 0 spiro atoms. The molecule has 0 saturated heterocycles. The second-order valence-corrected chi connectivity index (χ2v) is 11.1. The third-order valence-corrected chi connectivity index (χ3v) is 9.05. The molecule has 0 N–H and O–H groups in total. The van der Waals surface area contributed by atoms with Crippen LogP contribution < -0.4 is 0 Å². The van der Waals surface area contributed by atoms with Gasteiger partial charge in [0.05, 0.1) is 24.7 Å². The van der Waals surface area contributed by atoms with E-state index in [0.29, 0.717) is 5.56 Å². The Morgan fingerprint density at radius 1 is 0.615 bits per heavy atom. The lowest BCUT2D eigenvalue weighted by molar-refractivity contribution is 0.947. The van der Waals surface area contributed by atoms with Gasteiger partial charge in [0.1, 0.15) is 6.33 Å². The van der Waals surface area contributed by atoms with E-state index in [9.17, 15) is 1.37 Å². The summed E-state index contributed by atoms with van der Waals surface area (Å²) in [5.74, 6) is 0.241. The fraction of sp³-hybridized carbons (Fsp3) is 0. The average molecular weight is 545 g/mol. The predicted octanol–water partition coefficient (Wildman–Crippen LogP) is 9.37. The maximum atomic E-state index is 9.22. The molecule has 0 aliphatic carbocycles. The van der Waals surface area contributed by atoms with Crippen molar-refractivity contribution in [2.45, 2.75) is 0 Å². The molecular weight excluding hydrogens is 517 g/mol. The van der Waals surface area contributed by atoms with Crippen LogP contribution in [0.4, 0.5) is 0 Å². The minimum Gasteiger partial charge on any atom is -0.278 e. The quantitative estimate of drug-likeness (QED) is 0.218. The fourth-order valence-corrected chi connectivity index (χ4v) is 7.28. The standard InChI is InChI=1S/C33H18N4S2/c1-4-10-24-21(8-1)30-25(14-16-29-31(30)22-9-3-6-12-27(22)39-29)37(24)33-35-18-34-32(36-33)19-13-15-28-23(17-19)20-7-2-5-11-26(20)38-28/h1-18H/i1D,3D,4D,6D,8D,9D,10D,12D,14D,16D. The van der Waals surface area contributed by atoms with Gasteiger partial charge in [0.15, 0.2) is 5.82 Å². The van der Waals surface area contributed by atoms with Crippen molar-refractivity contribution in [1.29, 1.82) is 0 Å². The van der Waals surface area contributed by atoms with Crippen molar-refractivity contribution in [3.8, 4) is 17.3 Å². The zero-order valence-electron chi connectivity index (χ0n) is 29.7. The van der Waals surface area contributed by atoms with E-state index in [1.54, 1.807) is 11.3 Å². The molecule has 9 aromatic rings. The van der Waals surface area contributed by atoms with Crippen LogP contribution in [-0.2, 0) is 0 Å². The number of fused-ring (bicyclic) bond motifs is 10. The molecule has 0 aliphatic heterocycles. The van der Waals surface area contributed by atoms with E-state index in [4.69, 9.17) is 17.3 Å². The van der Waals surface area contributed by atoms with E-state index in [1.165, 1.54) is 10.9 Å². The van der Waals surface area contributed by atoms with E-state index in [2.05, 4.69) is 16.0 Å². The highest BCUT2D eigenvalue weighted by molar-refractivity contribution is 7.26. The molecule has 0 unspecified atom stereocenters. The fourth-order valence-electron chi connectivity index (χ4n) is 5.22. The maximum absolute atomic E-state index is 9.22. The van der Waals surface area contributed by atoms with Crippen LogP contribution in [0, 0.1) is 0 Å². The average Bonchev–Trinajstić information content (AvgIpc) is 3.80. The van der Waals surface area contributed by atoms with Crippen LogP contribution in [0.5, 0.6) is 0 Å². The van der Waals surface area contributed by atoms with Gasteiger partial charge in [-0.2, -0.15) is 4.98 Å². The number of hydrogen-bond donors (Lipinski definition) is 0. The lowest BCUT2D eigenvalue weighted by Gasteiger charge is -2.07. The Kier molecular flexibility index (Phi) is 2.83. The van der Waals surface area contributed by atoms with Crippen LogP contribution in [0.2, 0.25) is 0 Å². The first-order valence-corrected chi connectivity index (χ1v) is 13.6. The van der Waals surface area contributed by atoms with E-state index < -0.39 is 36.3 Å². The number of thiophene rings is 2. The number of nitrogens with zero attached hydrogens (tertiary/aromatic N) is 4. The minimum atomic E-state index is -0.517. The van der Waals surface area contributed by atoms with Crippen molar-refractivity contribution >= 4 is 84.8 Å².